The second kappa shape index (κ2) is 9.02. The molecule has 0 amide bonds. The van der Waals surface area contributed by atoms with Crippen molar-refractivity contribution in [3.05, 3.63) is 107 Å². The molecule has 1 aromatic heterocycles. The van der Waals surface area contributed by atoms with Crippen LogP contribution >= 0.6 is 0 Å². The average Bonchev–Trinajstić information content (AvgIpc) is 3.26. The number of aliphatic carboxylic acids is 1. The molecule has 5 heteroatoms. The van der Waals surface area contributed by atoms with Crippen LogP contribution in [0.15, 0.2) is 72.9 Å². The number of aromatic nitrogens is 2. The fourth-order valence-electron chi connectivity index (χ4n) is 3.96. The highest BCUT2D eigenvalue weighted by Crippen LogP contribution is 2.37. The summed E-state index contributed by atoms with van der Waals surface area (Å²) in [5.41, 5.74) is 7.66. The van der Waals surface area contributed by atoms with Crippen LogP contribution in [0.3, 0.4) is 0 Å². The van der Waals surface area contributed by atoms with Crippen LogP contribution in [0.1, 0.15) is 41.2 Å². The molecular formula is C27H23FN2O2. The summed E-state index contributed by atoms with van der Waals surface area (Å²) in [6.45, 7) is 4.06. The molecule has 160 valence electrons. The summed E-state index contributed by atoms with van der Waals surface area (Å²) in [4.78, 5) is 10.8. The first-order valence-electron chi connectivity index (χ1n) is 10.4. The Hall–Kier alpha value is -3.99. The molecule has 0 unspecified atom stereocenters. The van der Waals surface area contributed by atoms with Crippen molar-refractivity contribution in [2.24, 2.45) is 0 Å². The normalized spacial score (nSPS) is 12.3. The van der Waals surface area contributed by atoms with Gasteiger partial charge in [-0.3, -0.25) is 5.10 Å². The van der Waals surface area contributed by atoms with Crippen molar-refractivity contribution in [3.63, 3.8) is 0 Å². The van der Waals surface area contributed by atoms with Gasteiger partial charge in [-0.15, -0.1) is 0 Å². The number of halogens is 1. The van der Waals surface area contributed by atoms with Crippen molar-refractivity contribution < 1.29 is 14.3 Å². The van der Waals surface area contributed by atoms with Gasteiger partial charge in [-0.2, -0.15) is 5.10 Å². The SMILES string of the molecule is CC/C(=C(/c1ccc(/C=C/C(=O)O)cc1)c1ccc2[nH]ncc2c1)c1cc(F)ccc1C. The van der Waals surface area contributed by atoms with Crippen molar-refractivity contribution in [1.29, 1.82) is 0 Å². The first kappa shape index (κ1) is 21.2. The number of carbonyl (C=O) groups is 1. The second-order valence-electron chi connectivity index (χ2n) is 7.63. The van der Waals surface area contributed by atoms with Gasteiger partial charge in [-0.1, -0.05) is 43.3 Å². The minimum Gasteiger partial charge on any atom is -0.478 e. The van der Waals surface area contributed by atoms with E-state index in [1.807, 2.05) is 43.3 Å². The highest BCUT2D eigenvalue weighted by atomic mass is 19.1. The number of nitrogens with one attached hydrogen (secondary N) is 1. The summed E-state index contributed by atoms with van der Waals surface area (Å²) in [6.07, 6.45) is 5.18. The molecule has 32 heavy (non-hydrogen) atoms. The Balaban J connectivity index is 1.94. The number of fused-ring (bicyclic) bond motifs is 1. The van der Waals surface area contributed by atoms with E-state index in [0.29, 0.717) is 6.42 Å². The smallest absolute Gasteiger partial charge is 0.328 e. The minimum atomic E-state index is -0.988. The molecule has 0 atom stereocenters. The van der Waals surface area contributed by atoms with Gasteiger partial charge in [0.2, 0.25) is 0 Å². The van der Waals surface area contributed by atoms with Crippen LogP contribution in [0.2, 0.25) is 0 Å². The molecule has 0 aliphatic heterocycles. The molecule has 0 saturated heterocycles. The lowest BCUT2D eigenvalue weighted by Gasteiger charge is -2.18. The van der Waals surface area contributed by atoms with Crippen molar-refractivity contribution in [1.82, 2.24) is 10.2 Å². The molecule has 0 aliphatic rings. The van der Waals surface area contributed by atoms with E-state index < -0.39 is 5.97 Å². The minimum absolute atomic E-state index is 0.268. The van der Waals surface area contributed by atoms with E-state index in [1.165, 1.54) is 6.07 Å². The van der Waals surface area contributed by atoms with Gasteiger partial charge in [-0.05, 0) is 82.6 Å². The highest BCUT2D eigenvalue weighted by molar-refractivity contribution is 6.01. The number of allylic oxidation sites excluding steroid dienone is 1. The third-order valence-corrected chi connectivity index (χ3v) is 5.53. The van der Waals surface area contributed by atoms with Crippen LogP contribution < -0.4 is 0 Å². The first-order chi connectivity index (χ1) is 15.5. The number of hydrogen-bond donors (Lipinski definition) is 2. The van der Waals surface area contributed by atoms with Crippen LogP contribution in [0.25, 0.3) is 28.1 Å². The quantitative estimate of drug-likeness (QED) is 0.274. The summed E-state index contributed by atoms with van der Waals surface area (Å²) in [7, 11) is 0. The van der Waals surface area contributed by atoms with Crippen LogP contribution in [0, 0.1) is 12.7 Å². The van der Waals surface area contributed by atoms with Gasteiger partial charge < -0.3 is 5.11 Å². The molecule has 4 rings (SSSR count). The first-order valence-corrected chi connectivity index (χ1v) is 10.4. The van der Waals surface area contributed by atoms with Crippen LogP contribution in [0.5, 0.6) is 0 Å². The number of benzene rings is 3. The van der Waals surface area contributed by atoms with E-state index >= 15 is 0 Å². The van der Waals surface area contributed by atoms with Gasteiger partial charge in [0.15, 0.2) is 0 Å². The molecule has 1 heterocycles. The molecule has 0 fully saturated rings. The summed E-state index contributed by atoms with van der Waals surface area (Å²) in [5.74, 6) is -1.26. The second-order valence-corrected chi connectivity index (χ2v) is 7.63. The third-order valence-electron chi connectivity index (χ3n) is 5.53. The van der Waals surface area contributed by atoms with Crippen molar-refractivity contribution in [2.45, 2.75) is 20.3 Å². The van der Waals surface area contributed by atoms with E-state index in [9.17, 15) is 9.18 Å². The number of aryl methyl sites for hydroxylation is 1. The van der Waals surface area contributed by atoms with Gasteiger partial charge in [0.1, 0.15) is 5.82 Å². The number of nitrogens with zero attached hydrogens (tertiary/aromatic N) is 1. The number of carboxylic acid groups (broad SMARTS) is 1. The van der Waals surface area contributed by atoms with Crippen molar-refractivity contribution in [2.75, 3.05) is 0 Å². The topological polar surface area (TPSA) is 66.0 Å². The average molecular weight is 426 g/mol. The van der Waals surface area contributed by atoms with Gasteiger partial charge in [-0.25, -0.2) is 9.18 Å². The lowest BCUT2D eigenvalue weighted by molar-refractivity contribution is -0.131. The Morgan fingerprint density at radius 3 is 2.53 bits per heavy atom. The fourth-order valence-corrected chi connectivity index (χ4v) is 3.96. The number of hydrogen-bond acceptors (Lipinski definition) is 2. The number of carboxylic acids is 1. The van der Waals surface area contributed by atoms with E-state index in [4.69, 9.17) is 5.11 Å². The van der Waals surface area contributed by atoms with Crippen LogP contribution in [0.4, 0.5) is 4.39 Å². The number of aromatic amines is 1. The number of rotatable bonds is 6. The molecule has 0 aliphatic carbocycles. The van der Waals surface area contributed by atoms with Crippen LogP contribution in [-0.4, -0.2) is 21.3 Å². The lowest BCUT2D eigenvalue weighted by atomic mass is 9.86. The molecule has 0 spiro atoms. The van der Waals surface area contributed by atoms with Crippen molar-refractivity contribution in [3.8, 4) is 0 Å². The predicted molar refractivity (Wildman–Crippen MR) is 127 cm³/mol. The standard InChI is InChI=1S/C27H23FN2O2/c1-3-23(24-15-22(28)11-4-17(24)2)27(20-10-12-25-21(14-20)16-29-30-25)19-8-5-18(6-9-19)7-13-26(31)32/h4-16H,3H2,1-2H3,(H,29,30)(H,31,32)/b13-7+,27-23+. The molecule has 4 aromatic rings. The predicted octanol–water partition coefficient (Wildman–Crippen LogP) is 6.48. The Morgan fingerprint density at radius 1 is 1.06 bits per heavy atom. The van der Waals surface area contributed by atoms with Gasteiger partial charge in [0, 0.05) is 11.5 Å². The lowest BCUT2D eigenvalue weighted by Crippen LogP contribution is -1.98. The molecule has 0 bridgehead atoms. The monoisotopic (exact) mass is 426 g/mol. The molecule has 3 aromatic carbocycles. The van der Waals surface area contributed by atoms with Gasteiger partial charge in [0.05, 0.1) is 11.7 Å². The maximum absolute atomic E-state index is 14.2. The summed E-state index contributed by atoms with van der Waals surface area (Å²) in [6, 6.07) is 18.7. The maximum Gasteiger partial charge on any atom is 0.328 e. The number of H-pyrrole nitrogens is 1. The maximum atomic E-state index is 14.2. The van der Waals surface area contributed by atoms with E-state index in [2.05, 4.69) is 23.2 Å². The summed E-state index contributed by atoms with van der Waals surface area (Å²) >= 11 is 0. The van der Waals surface area contributed by atoms with E-state index in [-0.39, 0.29) is 5.82 Å². The van der Waals surface area contributed by atoms with Crippen LogP contribution in [-0.2, 0) is 4.79 Å². The Morgan fingerprint density at radius 2 is 1.81 bits per heavy atom. The third kappa shape index (κ3) is 4.37. The summed E-state index contributed by atoms with van der Waals surface area (Å²) < 4.78 is 14.2. The molecular weight excluding hydrogens is 403 g/mol. The Labute approximate surface area is 185 Å². The Kier molecular flexibility index (Phi) is 5.99. The molecule has 2 N–H and O–H groups in total. The molecule has 0 saturated carbocycles. The largest absolute Gasteiger partial charge is 0.478 e. The van der Waals surface area contributed by atoms with E-state index in [1.54, 1.807) is 24.4 Å². The zero-order valence-corrected chi connectivity index (χ0v) is 17.9. The van der Waals surface area contributed by atoms with Gasteiger partial charge >= 0.3 is 5.97 Å². The highest BCUT2D eigenvalue weighted by Gasteiger charge is 2.16. The summed E-state index contributed by atoms with van der Waals surface area (Å²) in [5, 5.41) is 17.0. The zero-order valence-electron chi connectivity index (χ0n) is 17.9. The zero-order chi connectivity index (χ0) is 22.7. The molecule has 4 nitrogen and oxygen atoms in total. The Bertz CT molecular complexity index is 1350. The fraction of sp³-hybridized carbons (Fsp3) is 0.111. The van der Waals surface area contributed by atoms with Crippen molar-refractivity contribution >= 4 is 34.1 Å². The van der Waals surface area contributed by atoms with Gasteiger partial charge in [0.25, 0.3) is 0 Å². The van der Waals surface area contributed by atoms with E-state index in [0.717, 1.165) is 55.9 Å². The molecule has 0 radical (unpaired) electrons.